The second kappa shape index (κ2) is 14.7. The molecule has 2 aromatic rings. The molecule has 40 heavy (non-hydrogen) atoms. The van der Waals surface area contributed by atoms with Crippen LogP contribution >= 0.6 is 12.2 Å². The van der Waals surface area contributed by atoms with Gasteiger partial charge in [-0.25, -0.2) is 9.59 Å². The number of carboxylic acids is 1. The fraction of sp³-hybridized carbons (Fsp3) is 0.478. The quantitative estimate of drug-likeness (QED) is 0.112. The summed E-state index contributed by atoms with van der Waals surface area (Å²) in [6, 6.07) is 0. The molecule has 17 heteroatoms. The second-order valence-electron chi connectivity index (χ2n) is 8.87. The number of carbonyl (C=O) groups excluding carboxylic acids is 3. The van der Waals surface area contributed by atoms with E-state index in [9.17, 15) is 38.7 Å². The number of aliphatic carboxylic acids is 1. The SMILES string of the molecule is Cc1cn(CC(=O)NCCNCC(=O)NCCN(CC(=O)O)C(=O)Cn2cc(C)c(=S)n(C)c2=O)c(=O)[nH]c1=O. The fourth-order valence-corrected chi connectivity index (χ4v) is 3.66. The van der Waals surface area contributed by atoms with Crippen molar-refractivity contribution in [3.8, 4) is 0 Å². The molecule has 218 valence electrons. The molecular formula is C23H32N8O8S. The van der Waals surface area contributed by atoms with Gasteiger partial charge in [0.15, 0.2) is 0 Å². The van der Waals surface area contributed by atoms with Crippen LogP contribution in [0.5, 0.6) is 0 Å². The fourth-order valence-electron chi connectivity index (χ4n) is 3.53. The average Bonchev–Trinajstić information content (AvgIpc) is 2.88. The van der Waals surface area contributed by atoms with E-state index in [1.54, 1.807) is 6.92 Å². The van der Waals surface area contributed by atoms with Crippen molar-refractivity contribution >= 4 is 35.9 Å². The number of H-pyrrole nitrogens is 1. The predicted molar refractivity (Wildman–Crippen MR) is 144 cm³/mol. The van der Waals surface area contributed by atoms with Crippen molar-refractivity contribution in [1.29, 1.82) is 0 Å². The van der Waals surface area contributed by atoms with E-state index in [-0.39, 0.29) is 44.8 Å². The minimum absolute atomic E-state index is 0.0313. The number of hydrogen-bond acceptors (Lipinski definition) is 9. The topological polar surface area (TPSA) is 210 Å². The summed E-state index contributed by atoms with van der Waals surface area (Å²) < 4.78 is 3.75. The average molecular weight is 581 g/mol. The van der Waals surface area contributed by atoms with E-state index in [0.29, 0.717) is 10.2 Å². The summed E-state index contributed by atoms with van der Waals surface area (Å²) in [6.45, 7) is 2.05. The Morgan fingerprint density at radius 2 is 1.60 bits per heavy atom. The number of nitrogens with one attached hydrogen (secondary N) is 4. The van der Waals surface area contributed by atoms with E-state index in [1.165, 1.54) is 30.9 Å². The van der Waals surface area contributed by atoms with Crippen molar-refractivity contribution in [3.63, 3.8) is 0 Å². The molecular weight excluding hydrogens is 548 g/mol. The number of rotatable bonds is 14. The zero-order chi connectivity index (χ0) is 30.0. The van der Waals surface area contributed by atoms with Gasteiger partial charge in [0.25, 0.3) is 5.56 Å². The number of carboxylic acid groups (broad SMARTS) is 1. The number of amides is 3. The number of nitrogens with zero attached hydrogens (tertiary/aromatic N) is 4. The third kappa shape index (κ3) is 9.42. The van der Waals surface area contributed by atoms with E-state index >= 15 is 0 Å². The van der Waals surface area contributed by atoms with Crippen molar-refractivity contribution in [2.24, 2.45) is 7.05 Å². The van der Waals surface area contributed by atoms with Gasteiger partial charge >= 0.3 is 17.3 Å². The van der Waals surface area contributed by atoms with Gasteiger partial charge < -0.3 is 26.0 Å². The molecule has 2 aromatic heterocycles. The summed E-state index contributed by atoms with van der Waals surface area (Å²) in [4.78, 5) is 86.7. The van der Waals surface area contributed by atoms with Crippen LogP contribution in [0.4, 0.5) is 0 Å². The number of aromatic amines is 1. The van der Waals surface area contributed by atoms with Gasteiger partial charge in [-0.05, 0) is 13.8 Å². The van der Waals surface area contributed by atoms with Crippen LogP contribution in [0, 0.1) is 18.5 Å². The lowest BCUT2D eigenvalue weighted by molar-refractivity contribution is -0.144. The van der Waals surface area contributed by atoms with E-state index in [1.807, 2.05) is 0 Å². The van der Waals surface area contributed by atoms with Crippen LogP contribution in [0.1, 0.15) is 11.1 Å². The van der Waals surface area contributed by atoms with Gasteiger partial charge in [0.2, 0.25) is 17.7 Å². The number of hydrogen-bond donors (Lipinski definition) is 5. The molecule has 0 aliphatic heterocycles. The highest BCUT2D eigenvalue weighted by atomic mass is 32.1. The molecule has 2 rings (SSSR count). The van der Waals surface area contributed by atoms with Crippen LogP contribution in [-0.4, -0.2) is 91.7 Å². The van der Waals surface area contributed by atoms with Crippen LogP contribution in [-0.2, 0) is 39.3 Å². The zero-order valence-corrected chi connectivity index (χ0v) is 23.1. The Labute approximate surface area is 232 Å². The molecule has 0 spiro atoms. The van der Waals surface area contributed by atoms with Crippen molar-refractivity contribution < 1.29 is 24.3 Å². The lowest BCUT2D eigenvalue weighted by Gasteiger charge is -2.22. The van der Waals surface area contributed by atoms with Crippen LogP contribution < -0.4 is 32.9 Å². The van der Waals surface area contributed by atoms with Crippen molar-refractivity contribution in [2.45, 2.75) is 26.9 Å². The minimum Gasteiger partial charge on any atom is -0.480 e. The number of aromatic nitrogens is 4. The summed E-state index contributed by atoms with van der Waals surface area (Å²) >= 11 is 5.13. The maximum Gasteiger partial charge on any atom is 0.329 e. The van der Waals surface area contributed by atoms with Gasteiger partial charge in [-0.1, -0.05) is 12.2 Å². The molecule has 0 aromatic carbocycles. The Kier molecular flexibility index (Phi) is 11.7. The second-order valence-corrected chi connectivity index (χ2v) is 9.26. The third-order valence-electron chi connectivity index (χ3n) is 5.62. The van der Waals surface area contributed by atoms with Crippen molar-refractivity contribution in [2.75, 3.05) is 39.3 Å². The molecule has 0 saturated carbocycles. The monoisotopic (exact) mass is 580 g/mol. The van der Waals surface area contributed by atoms with Gasteiger partial charge in [0.1, 0.15) is 24.3 Å². The normalized spacial score (nSPS) is 10.7. The van der Waals surface area contributed by atoms with E-state index in [2.05, 4.69) is 20.9 Å². The molecule has 0 radical (unpaired) electrons. The van der Waals surface area contributed by atoms with Crippen LogP contribution in [0.2, 0.25) is 0 Å². The molecule has 0 bridgehead atoms. The Bertz CT molecular complexity index is 1510. The van der Waals surface area contributed by atoms with Crippen molar-refractivity contribution in [1.82, 2.24) is 39.5 Å². The van der Waals surface area contributed by atoms with Gasteiger partial charge in [0.05, 0.1) is 6.54 Å². The lowest BCUT2D eigenvalue weighted by Crippen LogP contribution is -2.45. The van der Waals surface area contributed by atoms with Crippen LogP contribution in [0.3, 0.4) is 0 Å². The van der Waals surface area contributed by atoms with E-state index in [0.717, 1.165) is 14.0 Å². The Morgan fingerprint density at radius 1 is 0.950 bits per heavy atom. The van der Waals surface area contributed by atoms with E-state index in [4.69, 9.17) is 12.2 Å². The van der Waals surface area contributed by atoms with Gasteiger partial charge in [-0.15, -0.1) is 0 Å². The van der Waals surface area contributed by atoms with Crippen LogP contribution in [0.25, 0.3) is 0 Å². The smallest absolute Gasteiger partial charge is 0.329 e. The highest BCUT2D eigenvalue weighted by Crippen LogP contribution is 1.99. The van der Waals surface area contributed by atoms with Gasteiger partial charge in [-0.3, -0.25) is 42.7 Å². The highest BCUT2D eigenvalue weighted by molar-refractivity contribution is 7.71. The first-order valence-corrected chi connectivity index (χ1v) is 12.5. The summed E-state index contributed by atoms with van der Waals surface area (Å²) in [5.74, 6) is -2.76. The first-order valence-electron chi connectivity index (χ1n) is 12.1. The van der Waals surface area contributed by atoms with Gasteiger partial charge in [-0.2, -0.15) is 0 Å². The summed E-state index contributed by atoms with van der Waals surface area (Å²) in [6.07, 6.45) is 2.72. The largest absolute Gasteiger partial charge is 0.480 e. The molecule has 0 aliphatic rings. The van der Waals surface area contributed by atoms with Gasteiger partial charge in [0, 0.05) is 56.7 Å². The van der Waals surface area contributed by atoms with Crippen LogP contribution in [0.15, 0.2) is 26.8 Å². The van der Waals surface area contributed by atoms with Crippen molar-refractivity contribution in [3.05, 3.63) is 59.5 Å². The predicted octanol–water partition coefficient (Wildman–Crippen LogP) is -3.18. The summed E-state index contributed by atoms with van der Waals surface area (Å²) in [5.41, 5.74) is -0.847. The zero-order valence-electron chi connectivity index (χ0n) is 22.3. The lowest BCUT2D eigenvalue weighted by atomic mass is 10.3. The molecule has 0 atom stereocenters. The molecule has 0 unspecified atom stereocenters. The molecule has 16 nitrogen and oxygen atoms in total. The van der Waals surface area contributed by atoms with E-state index < -0.39 is 53.7 Å². The molecule has 2 heterocycles. The first-order chi connectivity index (χ1) is 18.8. The Hall–Kier alpha value is -4.38. The molecule has 5 N–H and O–H groups in total. The standard InChI is InChI=1S/C23H32N8O8S/c1-14-9-30(22(38)27-20(14)37)11-17(33)25-5-4-24-8-16(32)26-6-7-29(13-19(35)36)18(34)12-31-10-15(2)21(40)28(3)23(31)39/h9-10,24H,4-8,11-13H2,1-3H3,(H,25,33)(H,26,32)(H,35,36)(H,27,37,38). The third-order valence-corrected chi connectivity index (χ3v) is 6.22. The number of carbonyl (C=O) groups is 4. The minimum atomic E-state index is -1.25. The molecule has 0 fully saturated rings. The molecule has 0 saturated heterocycles. The molecule has 0 aliphatic carbocycles. The molecule has 3 amide bonds. The summed E-state index contributed by atoms with van der Waals surface area (Å²) in [5, 5.41) is 17.1. The Balaban J connectivity index is 1.75. The first kappa shape index (κ1) is 31.8. The Morgan fingerprint density at radius 3 is 2.27 bits per heavy atom. The summed E-state index contributed by atoms with van der Waals surface area (Å²) in [7, 11) is 1.48. The highest BCUT2D eigenvalue weighted by Gasteiger charge is 2.18. The maximum atomic E-state index is 12.7. The number of aryl methyl sites for hydroxylation is 2. The maximum absolute atomic E-state index is 12.7.